The molecule has 4 rings (SSSR count). The first kappa shape index (κ1) is 20.3. The summed E-state index contributed by atoms with van der Waals surface area (Å²) in [6.07, 6.45) is 0.139. The van der Waals surface area contributed by atoms with Gasteiger partial charge < -0.3 is 4.74 Å². The maximum absolute atomic E-state index is 13.0. The molecule has 154 valence electrons. The van der Waals surface area contributed by atoms with E-state index in [-0.39, 0.29) is 18.2 Å². The Balaban J connectivity index is 1.60. The lowest BCUT2D eigenvalue weighted by Crippen LogP contribution is -2.31. The second-order valence-corrected chi connectivity index (χ2v) is 8.54. The molecule has 2 amide bonds. The minimum atomic E-state index is -0.530. The topological polar surface area (TPSA) is 72.4 Å². The fourth-order valence-corrected chi connectivity index (χ4v) is 4.70. The van der Waals surface area contributed by atoms with Gasteiger partial charge >= 0.3 is 0 Å². The SMILES string of the molecule is CCOc1ccc2nc(SC3CC(=O)N(c4ccc(C)cc4C)C3=O)nc(C)c2c1. The van der Waals surface area contributed by atoms with Gasteiger partial charge in [0.25, 0.3) is 0 Å². The Hall–Kier alpha value is -2.93. The number of thioether (sulfide) groups is 1. The van der Waals surface area contributed by atoms with Gasteiger partial charge in [0.2, 0.25) is 11.8 Å². The van der Waals surface area contributed by atoms with Gasteiger partial charge in [0.05, 0.1) is 17.8 Å². The Bertz CT molecular complexity index is 1160. The van der Waals surface area contributed by atoms with E-state index in [4.69, 9.17) is 4.74 Å². The molecule has 0 radical (unpaired) electrons. The molecule has 1 aliphatic heterocycles. The Morgan fingerprint density at radius 3 is 2.63 bits per heavy atom. The number of ether oxygens (including phenoxy) is 1. The zero-order valence-electron chi connectivity index (χ0n) is 17.4. The predicted molar refractivity (Wildman–Crippen MR) is 118 cm³/mol. The van der Waals surface area contributed by atoms with Crippen LogP contribution in [0.2, 0.25) is 0 Å². The molecule has 3 aromatic rings. The Morgan fingerprint density at radius 2 is 1.90 bits per heavy atom. The smallest absolute Gasteiger partial charge is 0.247 e. The summed E-state index contributed by atoms with van der Waals surface area (Å²) >= 11 is 1.25. The molecule has 1 unspecified atom stereocenters. The molecule has 2 aromatic carbocycles. The van der Waals surface area contributed by atoms with E-state index in [1.54, 1.807) is 0 Å². The number of carbonyl (C=O) groups is 2. The number of hydrogen-bond donors (Lipinski definition) is 0. The van der Waals surface area contributed by atoms with Crippen molar-refractivity contribution in [1.82, 2.24) is 9.97 Å². The van der Waals surface area contributed by atoms with Crippen molar-refractivity contribution >= 4 is 40.2 Å². The lowest BCUT2D eigenvalue weighted by molar-refractivity contribution is -0.121. The predicted octanol–water partition coefficient (Wildman–Crippen LogP) is 4.38. The quantitative estimate of drug-likeness (QED) is 0.450. The third-order valence-electron chi connectivity index (χ3n) is 5.09. The summed E-state index contributed by atoms with van der Waals surface area (Å²) in [4.78, 5) is 36.1. The van der Waals surface area contributed by atoms with Crippen molar-refractivity contribution in [2.45, 2.75) is 44.5 Å². The molecule has 1 aromatic heterocycles. The highest BCUT2D eigenvalue weighted by atomic mass is 32.2. The van der Waals surface area contributed by atoms with Crippen molar-refractivity contribution in [2.75, 3.05) is 11.5 Å². The lowest BCUT2D eigenvalue weighted by atomic mass is 10.1. The number of nitrogens with zero attached hydrogens (tertiary/aromatic N) is 3. The monoisotopic (exact) mass is 421 g/mol. The van der Waals surface area contributed by atoms with E-state index in [1.165, 1.54) is 16.7 Å². The fourth-order valence-electron chi connectivity index (χ4n) is 3.68. The zero-order chi connectivity index (χ0) is 21.4. The van der Waals surface area contributed by atoms with E-state index < -0.39 is 5.25 Å². The number of benzene rings is 2. The average Bonchev–Trinajstić information content (AvgIpc) is 2.96. The minimum Gasteiger partial charge on any atom is -0.494 e. The van der Waals surface area contributed by atoms with Crippen LogP contribution < -0.4 is 9.64 Å². The second kappa shape index (κ2) is 8.07. The number of rotatable bonds is 5. The number of imide groups is 1. The third kappa shape index (κ3) is 3.77. The van der Waals surface area contributed by atoms with Crippen LogP contribution in [0.4, 0.5) is 5.69 Å². The van der Waals surface area contributed by atoms with Gasteiger partial charge in [-0.2, -0.15) is 0 Å². The van der Waals surface area contributed by atoms with E-state index >= 15 is 0 Å². The maximum Gasteiger partial charge on any atom is 0.247 e. The Kier molecular flexibility index (Phi) is 5.47. The minimum absolute atomic E-state index is 0.139. The van der Waals surface area contributed by atoms with Crippen LogP contribution in [-0.2, 0) is 9.59 Å². The van der Waals surface area contributed by atoms with Crippen molar-refractivity contribution in [3.8, 4) is 5.75 Å². The highest BCUT2D eigenvalue weighted by Gasteiger charge is 2.41. The highest BCUT2D eigenvalue weighted by molar-refractivity contribution is 8.00. The fraction of sp³-hybridized carbons (Fsp3) is 0.304. The van der Waals surface area contributed by atoms with Crippen LogP contribution in [-0.4, -0.2) is 33.6 Å². The molecular weight excluding hydrogens is 398 g/mol. The van der Waals surface area contributed by atoms with Gasteiger partial charge in [-0.3, -0.25) is 9.59 Å². The van der Waals surface area contributed by atoms with Crippen molar-refractivity contribution < 1.29 is 14.3 Å². The number of fused-ring (bicyclic) bond motifs is 1. The van der Waals surface area contributed by atoms with E-state index in [0.29, 0.717) is 17.5 Å². The number of carbonyl (C=O) groups excluding carboxylic acids is 2. The van der Waals surface area contributed by atoms with Gasteiger partial charge in [-0.15, -0.1) is 0 Å². The molecular formula is C23H23N3O3S. The first-order valence-corrected chi connectivity index (χ1v) is 10.8. The summed E-state index contributed by atoms with van der Waals surface area (Å²) in [5, 5.41) is 0.881. The van der Waals surface area contributed by atoms with Gasteiger partial charge in [-0.1, -0.05) is 29.5 Å². The summed E-state index contributed by atoms with van der Waals surface area (Å²) in [5.41, 5.74) is 4.25. The van der Waals surface area contributed by atoms with Crippen LogP contribution in [0.1, 0.15) is 30.2 Å². The van der Waals surface area contributed by atoms with Crippen LogP contribution >= 0.6 is 11.8 Å². The molecule has 0 saturated carbocycles. The Labute approximate surface area is 179 Å². The van der Waals surface area contributed by atoms with Crippen molar-refractivity contribution in [1.29, 1.82) is 0 Å². The molecule has 1 aliphatic rings. The van der Waals surface area contributed by atoms with E-state index in [1.807, 2.05) is 64.1 Å². The molecule has 1 saturated heterocycles. The highest BCUT2D eigenvalue weighted by Crippen LogP contribution is 2.35. The van der Waals surface area contributed by atoms with Gasteiger partial charge in [-0.05, 0) is 57.5 Å². The molecule has 2 heterocycles. The third-order valence-corrected chi connectivity index (χ3v) is 6.14. The van der Waals surface area contributed by atoms with Crippen LogP contribution in [0.15, 0.2) is 41.6 Å². The van der Waals surface area contributed by atoms with Crippen LogP contribution in [0.5, 0.6) is 5.75 Å². The zero-order valence-corrected chi connectivity index (χ0v) is 18.2. The van der Waals surface area contributed by atoms with Crippen LogP contribution in [0, 0.1) is 20.8 Å². The first-order valence-electron chi connectivity index (χ1n) is 9.89. The molecule has 30 heavy (non-hydrogen) atoms. The molecule has 1 atom stereocenters. The van der Waals surface area contributed by atoms with Gasteiger partial charge in [0.15, 0.2) is 5.16 Å². The number of aromatic nitrogens is 2. The molecule has 6 nitrogen and oxygen atoms in total. The summed E-state index contributed by atoms with van der Waals surface area (Å²) < 4.78 is 5.56. The standard InChI is InChI=1S/C23H23N3O3S/c1-5-29-16-7-8-18-17(11-16)15(4)24-23(25-18)30-20-12-21(27)26(22(20)28)19-9-6-13(2)10-14(19)3/h6-11,20H,5,12H2,1-4H3. The van der Waals surface area contributed by atoms with Crippen LogP contribution in [0.25, 0.3) is 10.9 Å². The van der Waals surface area contributed by atoms with Crippen molar-refractivity contribution in [2.24, 2.45) is 0 Å². The number of aryl methyl sites for hydroxylation is 3. The molecule has 0 bridgehead atoms. The largest absolute Gasteiger partial charge is 0.494 e. The van der Waals surface area contributed by atoms with Gasteiger partial charge in [-0.25, -0.2) is 14.9 Å². The number of hydrogen-bond acceptors (Lipinski definition) is 6. The molecule has 0 spiro atoms. The van der Waals surface area contributed by atoms with E-state index in [9.17, 15) is 9.59 Å². The summed E-state index contributed by atoms with van der Waals surface area (Å²) in [7, 11) is 0. The van der Waals surface area contributed by atoms with E-state index in [0.717, 1.165) is 33.5 Å². The molecule has 0 N–H and O–H groups in total. The maximum atomic E-state index is 13.0. The summed E-state index contributed by atoms with van der Waals surface area (Å²) in [6.45, 7) is 8.34. The number of amides is 2. The van der Waals surface area contributed by atoms with Gasteiger partial charge in [0, 0.05) is 17.5 Å². The van der Waals surface area contributed by atoms with Crippen molar-refractivity contribution in [3.63, 3.8) is 0 Å². The first-order chi connectivity index (χ1) is 14.4. The number of anilines is 1. The Morgan fingerprint density at radius 1 is 1.10 bits per heavy atom. The summed E-state index contributed by atoms with van der Waals surface area (Å²) in [5.74, 6) is 0.367. The van der Waals surface area contributed by atoms with Crippen LogP contribution in [0.3, 0.4) is 0 Å². The van der Waals surface area contributed by atoms with E-state index in [2.05, 4.69) is 9.97 Å². The molecule has 0 aliphatic carbocycles. The summed E-state index contributed by atoms with van der Waals surface area (Å²) in [6, 6.07) is 11.4. The second-order valence-electron chi connectivity index (χ2n) is 7.37. The average molecular weight is 422 g/mol. The molecule has 7 heteroatoms. The molecule has 1 fully saturated rings. The lowest BCUT2D eigenvalue weighted by Gasteiger charge is -2.17. The normalized spacial score (nSPS) is 16.5. The van der Waals surface area contributed by atoms with Crippen molar-refractivity contribution in [3.05, 3.63) is 53.2 Å². The van der Waals surface area contributed by atoms with Gasteiger partial charge in [0.1, 0.15) is 11.0 Å².